The van der Waals surface area contributed by atoms with Gasteiger partial charge in [0.25, 0.3) is 5.88 Å². The van der Waals surface area contributed by atoms with Crippen LogP contribution in [-0.4, -0.2) is 78.6 Å². The Hall–Kier alpha value is -1.89. The van der Waals surface area contributed by atoms with Crippen molar-refractivity contribution < 1.29 is 9.53 Å². The molecule has 4 heterocycles. The Bertz CT molecular complexity index is 659. The van der Waals surface area contributed by atoms with Gasteiger partial charge in [0, 0.05) is 51.0 Å². The van der Waals surface area contributed by atoms with Crippen LogP contribution < -0.4 is 9.64 Å². The van der Waals surface area contributed by atoms with Crippen LogP contribution in [0.5, 0.6) is 5.88 Å². The molecule has 0 unspecified atom stereocenters. The predicted octanol–water partition coefficient (Wildman–Crippen LogP) is 1.40. The lowest BCUT2D eigenvalue weighted by Gasteiger charge is -2.49. The molecule has 1 aromatic heterocycles. The molecular weight excluding hydrogens is 330 g/mol. The Morgan fingerprint density at radius 2 is 1.92 bits per heavy atom. The first-order valence-electron chi connectivity index (χ1n) is 9.68. The van der Waals surface area contributed by atoms with Crippen LogP contribution in [0.4, 0.5) is 5.82 Å². The van der Waals surface area contributed by atoms with Gasteiger partial charge in [-0.15, -0.1) is 0 Å². The summed E-state index contributed by atoms with van der Waals surface area (Å²) < 4.78 is 5.37. The van der Waals surface area contributed by atoms with Crippen LogP contribution in [0.3, 0.4) is 0 Å². The molecule has 1 amide bonds. The third kappa shape index (κ3) is 3.24. The highest BCUT2D eigenvalue weighted by molar-refractivity contribution is 5.77. The lowest BCUT2D eigenvalue weighted by Crippen LogP contribution is -2.55. The minimum atomic E-state index is 0.265. The number of nitrogens with zero attached hydrogens (tertiary/aromatic N) is 5. The normalized spacial score (nSPS) is 26.5. The number of methoxy groups -OCH3 is 1. The molecule has 0 bridgehead atoms. The number of amides is 1. The van der Waals surface area contributed by atoms with Gasteiger partial charge in [0.15, 0.2) is 5.82 Å². The second kappa shape index (κ2) is 7.02. The Balaban J connectivity index is 1.43. The molecule has 3 aliphatic rings. The lowest BCUT2D eigenvalue weighted by molar-refractivity contribution is -0.141. The zero-order chi connectivity index (χ0) is 18.1. The van der Waals surface area contributed by atoms with Crippen LogP contribution in [-0.2, 0) is 4.79 Å². The third-order valence-corrected chi connectivity index (χ3v) is 6.47. The standard InChI is InChI=1S/C19H29N5O2/c1-22-10-4-15(13-22)24-14-19(5-3-16(24)25)6-11-23(12-7-19)17-18(26-2)21-9-8-20-17/h8-9,15H,3-7,10-14H2,1-2H3/t15-/m0/s1. The molecule has 0 saturated carbocycles. The molecule has 7 nitrogen and oxygen atoms in total. The molecule has 1 atom stereocenters. The second-order valence-electron chi connectivity index (χ2n) is 8.10. The van der Waals surface area contributed by atoms with Crippen molar-refractivity contribution in [3.8, 4) is 5.88 Å². The molecule has 1 spiro atoms. The summed E-state index contributed by atoms with van der Waals surface area (Å²) in [6.07, 6.45) is 8.42. The summed E-state index contributed by atoms with van der Waals surface area (Å²) in [5, 5.41) is 0. The van der Waals surface area contributed by atoms with Gasteiger partial charge in [-0.3, -0.25) is 4.79 Å². The van der Waals surface area contributed by atoms with Crippen molar-refractivity contribution in [1.82, 2.24) is 19.8 Å². The average Bonchev–Trinajstić information content (AvgIpc) is 3.11. The minimum absolute atomic E-state index is 0.265. The Kier molecular flexibility index (Phi) is 4.73. The van der Waals surface area contributed by atoms with E-state index >= 15 is 0 Å². The molecule has 0 aromatic carbocycles. The van der Waals surface area contributed by atoms with E-state index in [1.54, 1.807) is 19.5 Å². The molecule has 0 N–H and O–H groups in total. The van der Waals surface area contributed by atoms with Crippen molar-refractivity contribution in [2.45, 2.75) is 38.1 Å². The van der Waals surface area contributed by atoms with E-state index in [1.165, 1.54) is 0 Å². The van der Waals surface area contributed by atoms with Crippen LogP contribution in [0.15, 0.2) is 12.4 Å². The van der Waals surface area contributed by atoms with E-state index in [1.807, 2.05) is 0 Å². The zero-order valence-corrected chi connectivity index (χ0v) is 15.9. The number of hydrogen-bond acceptors (Lipinski definition) is 6. The van der Waals surface area contributed by atoms with Gasteiger partial charge in [0.1, 0.15) is 0 Å². The van der Waals surface area contributed by atoms with Crippen molar-refractivity contribution in [2.24, 2.45) is 5.41 Å². The topological polar surface area (TPSA) is 61.8 Å². The molecule has 7 heteroatoms. The quantitative estimate of drug-likeness (QED) is 0.813. The van der Waals surface area contributed by atoms with Crippen LogP contribution in [0.1, 0.15) is 32.1 Å². The van der Waals surface area contributed by atoms with Gasteiger partial charge in [0.2, 0.25) is 5.91 Å². The fraction of sp³-hybridized carbons (Fsp3) is 0.737. The first-order valence-corrected chi connectivity index (χ1v) is 9.68. The summed E-state index contributed by atoms with van der Waals surface area (Å²) in [7, 11) is 3.79. The van der Waals surface area contributed by atoms with E-state index < -0.39 is 0 Å². The molecular formula is C19H29N5O2. The molecule has 1 aromatic rings. The molecule has 3 aliphatic heterocycles. The van der Waals surface area contributed by atoms with Gasteiger partial charge in [-0.25, -0.2) is 9.97 Å². The first-order chi connectivity index (χ1) is 12.6. The highest BCUT2D eigenvalue weighted by Crippen LogP contribution is 2.42. The van der Waals surface area contributed by atoms with Crippen LogP contribution in [0.25, 0.3) is 0 Å². The van der Waals surface area contributed by atoms with E-state index in [0.29, 0.717) is 24.2 Å². The second-order valence-corrected chi connectivity index (χ2v) is 8.10. The van der Waals surface area contributed by atoms with Gasteiger partial charge in [0.05, 0.1) is 7.11 Å². The van der Waals surface area contributed by atoms with Crippen LogP contribution in [0, 0.1) is 5.41 Å². The number of likely N-dealkylation sites (N-methyl/N-ethyl adjacent to an activating group) is 1. The van der Waals surface area contributed by atoms with Gasteiger partial charge < -0.3 is 19.4 Å². The van der Waals surface area contributed by atoms with Crippen molar-refractivity contribution in [3.63, 3.8) is 0 Å². The minimum Gasteiger partial charge on any atom is -0.478 e. The largest absolute Gasteiger partial charge is 0.478 e. The fourth-order valence-electron chi connectivity index (χ4n) is 4.82. The Morgan fingerprint density at radius 1 is 1.15 bits per heavy atom. The number of ether oxygens (including phenoxy) is 1. The van der Waals surface area contributed by atoms with Crippen molar-refractivity contribution in [3.05, 3.63) is 12.4 Å². The molecule has 26 heavy (non-hydrogen) atoms. The number of anilines is 1. The third-order valence-electron chi connectivity index (χ3n) is 6.47. The fourth-order valence-corrected chi connectivity index (χ4v) is 4.82. The van der Waals surface area contributed by atoms with E-state index in [0.717, 1.165) is 64.2 Å². The number of piperidine rings is 2. The highest BCUT2D eigenvalue weighted by Gasteiger charge is 2.44. The smallest absolute Gasteiger partial charge is 0.257 e. The summed E-state index contributed by atoms with van der Waals surface area (Å²) in [5.41, 5.74) is 0.265. The highest BCUT2D eigenvalue weighted by atomic mass is 16.5. The van der Waals surface area contributed by atoms with E-state index in [-0.39, 0.29) is 5.41 Å². The van der Waals surface area contributed by atoms with Gasteiger partial charge in [-0.05, 0) is 44.7 Å². The van der Waals surface area contributed by atoms with Gasteiger partial charge in [-0.1, -0.05) is 0 Å². The van der Waals surface area contributed by atoms with Crippen molar-refractivity contribution >= 4 is 11.7 Å². The van der Waals surface area contributed by atoms with E-state index in [9.17, 15) is 4.79 Å². The number of aromatic nitrogens is 2. The van der Waals surface area contributed by atoms with Gasteiger partial charge >= 0.3 is 0 Å². The zero-order valence-electron chi connectivity index (χ0n) is 15.9. The Labute approximate surface area is 155 Å². The van der Waals surface area contributed by atoms with Crippen LogP contribution >= 0.6 is 0 Å². The first kappa shape index (κ1) is 17.5. The van der Waals surface area contributed by atoms with Crippen molar-refractivity contribution in [1.29, 1.82) is 0 Å². The summed E-state index contributed by atoms with van der Waals surface area (Å²) in [5.74, 6) is 1.79. The number of rotatable bonds is 3. The monoisotopic (exact) mass is 359 g/mol. The molecule has 3 fully saturated rings. The summed E-state index contributed by atoms with van der Waals surface area (Å²) in [6, 6.07) is 0.405. The number of hydrogen-bond donors (Lipinski definition) is 0. The maximum atomic E-state index is 12.5. The summed E-state index contributed by atoms with van der Waals surface area (Å²) in [4.78, 5) is 28.1. The predicted molar refractivity (Wildman–Crippen MR) is 99.3 cm³/mol. The summed E-state index contributed by atoms with van der Waals surface area (Å²) >= 11 is 0. The maximum absolute atomic E-state index is 12.5. The SMILES string of the molecule is COc1nccnc1N1CCC2(CCC(=O)N([C@H]3CCN(C)C3)C2)CC1. The van der Waals surface area contributed by atoms with Crippen molar-refractivity contribution in [2.75, 3.05) is 51.8 Å². The Morgan fingerprint density at radius 3 is 2.62 bits per heavy atom. The number of carbonyl (C=O) groups excluding carboxylic acids is 1. The molecule has 3 saturated heterocycles. The number of likely N-dealkylation sites (tertiary alicyclic amines) is 2. The van der Waals surface area contributed by atoms with E-state index in [4.69, 9.17) is 4.74 Å². The summed E-state index contributed by atoms with van der Waals surface area (Å²) in [6.45, 7) is 4.94. The molecule has 4 rings (SSSR count). The van der Waals surface area contributed by atoms with Crippen LogP contribution in [0.2, 0.25) is 0 Å². The molecule has 142 valence electrons. The van der Waals surface area contributed by atoms with E-state index in [2.05, 4.69) is 31.7 Å². The molecule has 0 aliphatic carbocycles. The molecule has 0 radical (unpaired) electrons. The average molecular weight is 359 g/mol. The lowest BCUT2D eigenvalue weighted by atomic mass is 9.72. The van der Waals surface area contributed by atoms with Gasteiger partial charge in [-0.2, -0.15) is 0 Å². The number of carbonyl (C=O) groups is 1. The maximum Gasteiger partial charge on any atom is 0.257 e.